The number of para-hydroxylation sites is 1. The Morgan fingerprint density at radius 2 is 1.56 bits per heavy atom. The second-order valence-electron chi connectivity index (χ2n) is 5.80. The Balaban J connectivity index is 1.55. The maximum Gasteiger partial charge on any atom is 0.323 e. The number of aromatic nitrogens is 2. The summed E-state index contributed by atoms with van der Waals surface area (Å²) in [5.74, 6) is 0.996. The van der Waals surface area contributed by atoms with Gasteiger partial charge in [-0.25, -0.2) is 13.2 Å². The van der Waals surface area contributed by atoms with Gasteiger partial charge in [-0.3, -0.25) is 4.72 Å². The van der Waals surface area contributed by atoms with E-state index in [1.807, 2.05) is 0 Å². The number of imidazole rings is 1. The molecule has 0 aliphatic rings. The first-order valence-electron chi connectivity index (χ1n) is 8.08. The standard InChI is InChI=1S/C19H15N3O4S/c23-19-20-16-7-4-8-17(18(16)21-19)26-14-11-9-13(10-12-14)22-27(24,25)15-5-2-1-3-6-15/h1-12,22H,(H2,20,21,23). The monoisotopic (exact) mass is 381 g/mol. The van der Waals surface area contributed by atoms with E-state index in [1.54, 1.807) is 60.7 Å². The van der Waals surface area contributed by atoms with Gasteiger partial charge in [-0.15, -0.1) is 0 Å². The molecule has 0 amide bonds. The van der Waals surface area contributed by atoms with Crippen molar-refractivity contribution in [3.63, 3.8) is 0 Å². The highest BCUT2D eigenvalue weighted by Crippen LogP contribution is 2.28. The van der Waals surface area contributed by atoms with Gasteiger partial charge in [-0.2, -0.15) is 0 Å². The van der Waals surface area contributed by atoms with Gasteiger partial charge in [0.05, 0.1) is 10.4 Å². The van der Waals surface area contributed by atoms with E-state index in [2.05, 4.69) is 14.7 Å². The van der Waals surface area contributed by atoms with Crippen LogP contribution in [-0.4, -0.2) is 18.4 Å². The smallest absolute Gasteiger partial charge is 0.323 e. The van der Waals surface area contributed by atoms with Crippen LogP contribution in [0.2, 0.25) is 0 Å². The maximum absolute atomic E-state index is 12.3. The van der Waals surface area contributed by atoms with Crippen LogP contribution in [-0.2, 0) is 10.0 Å². The zero-order chi connectivity index (χ0) is 18.9. The van der Waals surface area contributed by atoms with Crippen LogP contribution in [0.3, 0.4) is 0 Å². The predicted octanol–water partition coefficient (Wildman–Crippen LogP) is 3.45. The number of H-pyrrole nitrogens is 2. The van der Waals surface area contributed by atoms with Gasteiger partial charge >= 0.3 is 5.69 Å². The molecule has 0 aliphatic carbocycles. The molecule has 4 aromatic rings. The number of nitrogens with one attached hydrogen (secondary N) is 3. The minimum Gasteiger partial charge on any atom is -0.455 e. The Bertz CT molecular complexity index is 1240. The van der Waals surface area contributed by atoms with Crippen molar-refractivity contribution in [1.82, 2.24) is 9.97 Å². The first-order chi connectivity index (χ1) is 13.0. The lowest BCUT2D eigenvalue weighted by molar-refractivity contribution is 0.487. The fourth-order valence-corrected chi connectivity index (χ4v) is 3.73. The van der Waals surface area contributed by atoms with E-state index >= 15 is 0 Å². The Morgan fingerprint density at radius 3 is 2.30 bits per heavy atom. The van der Waals surface area contributed by atoms with E-state index in [0.717, 1.165) is 0 Å². The highest BCUT2D eigenvalue weighted by molar-refractivity contribution is 7.92. The number of fused-ring (bicyclic) bond motifs is 1. The van der Waals surface area contributed by atoms with Gasteiger partial charge in [0, 0.05) is 5.69 Å². The molecule has 0 spiro atoms. The summed E-state index contributed by atoms with van der Waals surface area (Å²) in [7, 11) is -3.65. The molecular weight excluding hydrogens is 366 g/mol. The van der Waals surface area contributed by atoms with E-state index < -0.39 is 10.0 Å². The average molecular weight is 381 g/mol. The van der Waals surface area contributed by atoms with E-state index in [0.29, 0.717) is 28.2 Å². The lowest BCUT2D eigenvalue weighted by Gasteiger charge is -2.10. The van der Waals surface area contributed by atoms with Gasteiger partial charge < -0.3 is 14.7 Å². The number of hydrogen-bond donors (Lipinski definition) is 3. The molecule has 0 saturated carbocycles. The van der Waals surface area contributed by atoms with E-state index in [-0.39, 0.29) is 10.6 Å². The second-order valence-corrected chi connectivity index (χ2v) is 7.49. The first-order valence-corrected chi connectivity index (χ1v) is 9.56. The molecule has 1 heterocycles. The van der Waals surface area contributed by atoms with Gasteiger partial charge in [-0.05, 0) is 48.5 Å². The zero-order valence-corrected chi connectivity index (χ0v) is 14.8. The van der Waals surface area contributed by atoms with Crippen molar-refractivity contribution in [2.24, 2.45) is 0 Å². The van der Waals surface area contributed by atoms with Crippen LogP contribution < -0.4 is 15.1 Å². The van der Waals surface area contributed by atoms with Crippen molar-refractivity contribution in [2.75, 3.05) is 4.72 Å². The molecule has 0 bridgehead atoms. The Labute approximate surface area is 154 Å². The van der Waals surface area contributed by atoms with Gasteiger partial charge in [0.25, 0.3) is 10.0 Å². The maximum atomic E-state index is 12.3. The van der Waals surface area contributed by atoms with Crippen molar-refractivity contribution in [2.45, 2.75) is 4.90 Å². The van der Waals surface area contributed by atoms with Gasteiger partial charge in [0.1, 0.15) is 11.3 Å². The summed E-state index contributed by atoms with van der Waals surface area (Å²) in [4.78, 5) is 17.0. The number of anilines is 1. The third-order valence-corrected chi connectivity index (χ3v) is 5.30. The molecular formula is C19H15N3O4S. The van der Waals surface area contributed by atoms with E-state index in [9.17, 15) is 13.2 Å². The van der Waals surface area contributed by atoms with E-state index in [1.165, 1.54) is 12.1 Å². The average Bonchev–Trinajstić information content (AvgIpc) is 3.05. The van der Waals surface area contributed by atoms with Crippen LogP contribution in [0.5, 0.6) is 11.5 Å². The van der Waals surface area contributed by atoms with Crippen molar-refractivity contribution in [3.8, 4) is 11.5 Å². The summed E-state index contributed by atoms with van der Waals surface area (Å²) in [5.41, 5.74) is 1.31. The van der Waals surface area contributed by atoms with Crippen LogP contribution in [0.15, 0.2) is 82.5 Å². The van der Waals surface area contributed by atoms with Gasteiger partial charge in [-0.1, -0.05) is 24.3 Å². The van der Waals surface area contributed by atoms with Crippen molar-refractivity contribution >= 4 is 26.7 Å². The topological polar surface area (TPSA) is 104 Å². The summed E-state index contributed by atoms with van der Waals surface area (Å²) < 4.78 is 33.0. The first kappa shape index (κ1) is 16.9. The molecule has 1 aromatic heterocycles. The van der Waals surface area contributed by atoms with Crippen LogP contribution in [0, 0.1) is 0 Å². The quantitative estimate of drug-likeness (QED) is 0.492. The van der Waals surface area contributed by atoms with Crippen molar-refractivity contribution < 1.29 is 13.2 Å². The minimum atomic E-state index is -3.65. The lowest BCUT2D eigenvalue weighted by atomic mass is 10.3. The molecule has 0 radical (unpaired) electrons. The molecule has 3 N–H and O–H groups in total. The third-order valence-electron chi connectivity index (χ3n) is 3.90. The largest absolute Gasteiger partial charge is 0.455 e. The molecule has 0 saturated heterocycles. The van der Waals surface area contributed by atoms with Crippen molar-refractivity contribution in [1.29, 1.82) is 0 Å². The Hall–Kier alpha value is -3.52. The number of aromatic amines is 2. The molecule has 136 valence electrons. The van der Waals surface area contributed by atoms with Crippen LogP contribution in [0.1, 0.15) is 0 Å². The molecule has 0 aliphatic heterocycles. The Morgan fingerprint density at radius 1 is 0.815 bits per heavy atom. The number of rotatable bonds is 5. The van der Waals surface area contributed by atoms with Crippen LogP contribution in [0.4, 0.5) is 5.69 Å². The summed E-state index contributed by atoms with van der Waals surface area (Å²) >= 11 is 0. The fourth-order valence-electron chi connectivity index (χ4n) is 2.65. The third kappa shape index (κ3) is 3.56. The molecule has 27 heavy (non-hydrogen) atoms. The molecule has 4 rings (SSSR count). The Kier molecular flexibility index (Phi) is 4.17. The normalized spacial score (nSPS) is 11.4. The number of hydrogen-bond acceptors (Lipinski definition) is 4. The number of sulfonamides is 1. The summed E-state index contributed by atoms with van der Waals surface area (Å²) in [6.45, 7) is 0. The highest BCUT2D eigenvalue weighted by atomic mass is 32.2. The zero-order valence-electron chi connectivity index (χ0n) is 14.0. The van der Waals surface area contributed by atoms with Gasteiger partial charge in [0.15, 0.2) is 5.75 Å². The molecule has 0 unspecified atom stereocenters. The second kappa shape index (κ2) is 6.65. The predicted molar refractivity (Wildman–Crippen MR) is 103 cm³/mol. The number of benzene rings is 3. The highest BCUT2D eigenvalue weighted by Gasteiger charge is 2.13. The fraction of sp³-hybridized carbons (Fsp3) is 0. The SMILES string of the molecule is O=c1[nH]c2cccc(Oc3ccc(NS(=O)(=O)c4ccccc4)cc3)c2[nH]1. The molecule has 0 fully saturated rings. The lowest BCUT2D eigenvalue weighted by Crippen LogP contribution is -2.12. The van der Waals surface area contributed by atoms with Gasteiger partial charge in [0.2, 0.25) is 0 Å². The van der Waals surface area contributed by atoms with Crippen LogP contribution in [0.25, 0.3) is 11.0 Å². The minimum absolute atomic E-state index is 0.188. The molecule has 3 aromatic carbocycles. The summed E-state index contributed by atoms with van der Waals surface area (Å²) in [6, 6.07) is 19.9. The van der Waals surface area contributed by atoms with Crippen LogP contribution >= 0.6 is 0 Å². The molecule has 7 nitrogen and oxygen atoms in total. The molecule has 8 heteroatoms. The number of ether oxygens (including phenoxy) is 1. The summed E-state index contributed by atoms with van der Waals surface area (Å²) in [6.07, 6.45) is 0. The van der Waals surface area contributed by atoms with E-state index in [4.69, 9.17) is 4.74 Å². The summed E-state index contributed by atoms with van der Waals surface area (Å²) in [5, 5.41) is 0. The molecule has 0 atom stereocenters. The van der Waals surface area contributed by atoms with Crippen molar-refractivity contribution in [3.05, 3.63) is 83.3 Å².